The van der Waals surface area contributed by atoms with Crippen LogP contribution in [0.2, 0.25) is 0 Å². The molecule has 31 heavy (non-hydrogen) atoms. The van der Waals surface area contributed by atoms with Gasteiger partial charge in [0.1, 0.15) is 0 Å². The highest BCUT2D eigenvalue weighted by Gasteiger charge is 2.35. The number of nitrogens with one attached hydrogen (secondary N) is 1. The SMILES string of the molecule is O=C1c2ccccc2C(=O)N1CCc1c(-c2cccc([N+](=O)[O-])c2)[nH]c2ccccc12. The van der Waals surface area contributed by atoms with Gasteiger partial charge in [-0.15, -0.1) is 0 Å². The van der Waals surface area contributed by atoms with Crippen molar-refractivity contribution in [3.05, 3.63) is 99.6 Å². The maximum Gasteiger partial charge on any atom is 0.270 e. The molecule has 152 valence electrons. The maximum absolute atomic E-state index is 12.7. The fraction of sp³-hybridized carbons (Fsp3) is 0.0833. The number of nitro groups is 1. The van der Waals surface area contributed by atoms with E-state index in [0.29, 0.717) is 23.1 Å². The number of nitrogens with zero attached hydrogens (tertiary/aromatic N) is 2. The van der Waals surface area contributed by atoms with Crippen LogP contribution in [0.25, 0.3) is 22.2 Å². The van der Waals surface area contributed by atoms with Crippen LogP contribution in [0.15, 0.2) is 72.8 Å². The van der Waals surface area contributed by atoms with E-state index in [2.05, 4.69) is 4.98 Å². The van der Waals surface area contributed by atoms with Gasteiger partial charge in [0.2, 0.25) is 0 Å². The van der Waals surface area contributed by atoms with E-state index in [-0.39, 0.29) is 24.0 Å². The summed E-state index contributed by atoms with van der Waals surface area (Å²) in [6.07, 6.45) is 0.424. The minimum Gasteiger partial charge on any atom is -0.354 e. The normalized spacial score (nSPS) is 13.1. The fourth-order valence-electron chi connectivity index (χ4n) is 4.15. The molecule has 1 aliphatic rings. The summed E-state index contributed by atoms with van der Waals surface area (Å²) in [6.45, 7) is 0.218. The number of carbonyl (C=O) groups is 2. The number of nitro benzene ring substituents is 1. The van der Waals surface area contributed by atoms with Gasteiger partial charge in [-0.05, 0) is 30.2 Å². The van der Waals surface area contributed by atoms with Crippen LogP contribution in [0.1, 0.15) is 26.3 Å². The van der Waals surface area contributed by atoms with Crippen LogP contribution in [0, 0.1) is 10.1 Å². The van der Waals surface area contributed by atoms with Gasteiger partial charge in [0.15, 0.2) is 0 Å². The van der Waals surface area contributed by atoms with E-state index < -0.39 is 4.92 Å². The van der Waals surface area contributed by atoms with Gasteiger partial charge in [-0.25, -0.2) is 0 Å². The molecular formula is C24H17N3O4. The van der Waals surface area contributed by atoms with Gasteiger partial charge in [0, 0.05) is 35.1 Å². The van der Waals surface area contributed by atoms with Crippen molar-refractivity contribution in [2.24, 2.45) is 0 Å². The van der Waals surface area contributed by atoms with Crippen molar-refractivity contribution in [3.8, 4) is 11.3 Å². The summed E-state index contributed by atoms with van der Waals surface area (Å²) in [5.74, 6) is -0.588. The first-order valence-electron chi connectivity index (χ1n) is 9.84. The van der Waals surface area contributed by atoms with Crippen molar-refractivity contribution in [3.63, 3.8) is 0 Å². The Morgan fingerprint density at radius 1 is 0.871 bits per heavy atom. The van der Waals surface area contributed by atoms with Gasteiger partial charge in [-0.3, -0.25) is 24.6 Å². The molecule has 0 spiro atoms. The number of amides is 2. The molecule has 0 unspecified atom stereocenters. The fourth-order valence-corrected chi connectivity index (χ4v) is 4.15. The van der Waals surface area contributed by atoms with Gasteiger partial charge in [0.25, 0.3) is 17.5 Å². The van der Waals surface area contributed by atoms with E-state index >= 15 is 0 Å². The second kappa shape index (κ2) is 7.21. The zero-order valence-corrected chi connectivity index (χ0v) is 16.4. The van der Waals surface area contributed by atoms with Crippen molar-refractivity contribution in [2.75, 3.05) is 6.54 Å². The van der Waals surface area contributed by atoms with E-state index in [0.717, 1.165) is 22.2 Å². The minimum absolute atomic E-state index is 0.00227. The molecule has 1 N–H and O–H groups in total. The van der Waals surface area contributed by atoms with Gasteiger partial charge in [-0.2, -0.15) is 0 Å². The van der Waals surface area contributed by atoms with E-state index in [9.17, 15) is 19.7 Å². The Bertz CT molecular complexity index is 1340. The van der Waals surface area contributed by atoms with Crippen molar-refractivity contribution in [1.82, 2.24) is 9.88 Å². The van der Waals surface area contributed by atoms with Crippen molar-refractivity contribution < 1.29 is 14.5 Å². The largest absolute Gasteiger partial charge is 0.354 e. The molecule has 2 amide bonds. The zero-order valence-electron chi connectivity index (χ0n) is 16.4. The standard InChI is InChI=1S/C24H17N3O4/c28-23-19-9-1-2-10-20(19)24(29)26(23)13-12-18-17-8-3-4-11-21(17)25-22(18)15-6-5-7-16(14-15)27(30)31/h1-11,14,25H,12-13H2. The number of aromatic nitrogens is 1. The van der Waals surface area contributed by atoms with E-state index in [4.69, 9.17) is 0 Å². The summed E-state index contributed by atoms with van der Waals surface area (Å²) >= 11 is 0. The summed E-state index contributed by atoms with van der Waals surface area (Å²) < 4.78 is 0. The Kier molecular flexibility index (Phi) is 4.36. The third-order valence-corrected chi connectivity index (χ3v) is 5.62. The topological polar surface area (TPSA) is 96.3 Å². The number of imide groups is 1. The first-order chi connectivity index (χ1) is 15.0. The van der Waals surface area contributed by atoms with Crippen LogP contribution in [0.4, 0.5) is 5.69 Å². The Hall–Kier alpha value is -4.26. The van der Waals surface area contributed by atoms with Crippen LogP contribution in [0.3, 0.4) is 0 Å². The van der Waals surface area contributed by atoms with Gasteiger partial charge < -0.3 is 4.98 Å². The summed E-state index contributed by atoms with van der Waals surface area (Å²) in [5.41, 5.74) is 4.08. The van der Waals surface area contributed by atoms with E-state index in [1.54, 1.807) is 30.3 Å². The number of non-ortho nitro benzene ring substituents is 1. The average Bonchev–Trinajstić information content (AvgIpc) is 3.28. The summed E-state index contributed by atoms with van der Waals surface area (Å²) in [4.78, 5) is 40.9. The molecule has 0 aliphatic carbocycles. The monoisotopic (exact) mass is 411 g/mol. The molecule has 5 rings (SSSR count). The van der Waals surface area contributed by atoms with Crippen LogP contribution in [-0.2, 0) is 6.42 Å². The van der Waals surface area contributed by atoms with Gasteiger partial charge in [-0.1, -0.05) is 42.5 Å². The lowest BCUT2D eigenvalue weighted by Crippen LogP contribution is -2.31. The zero-order chi connectivity index (χ0) is 21.5. The number of hydrogen-bond acceptors (Lipinski definition) is 4. The molecule has 4 aromatic rings. The number of aromatic amines is 1. The van der Waals surface area contributed by atoms with Gasteiger partial charge in [0.05, 0.1) is 21.7 Å². The van der Waals surface area contributed by atoms with Crippen molar-refractivity contribution in [1.29, 1.82) is 0 Å². The molecular weight excluding hydrogens is 394 g/mol. The first kappa shape index (κ1) is 18.7. The average molecular weight is 411 g/mol. The lowest BCUT2D eigenvalue weighted by atomic mass is 10.0. The maximum atomic E-state index is 12.7. The number of fused-ring (bicyclic) bond motifs is 2. The highest BCUT2D eigenvalue weighted by Crippen LogP contribution is 2.33. The van der Waals surface area contributed by atoms with Crippen molar-refractivity contribution in [2.45, 2.75) is 6.42 Å². The van der Waals surface area contributed by atoms with E-state index in [1.807, 2.05) is 30.3 Å². The molecule has 0 bridgehead atoms. The lowest BCUT2D eigenvalue weighted by Gasteiger charge is -2.14. The molecule has 7 heteroatoms. The number of H-pyrrole nitrogens is 1. The molecule has 1 aliphatic heterocycles. The smallest absolute Gasteiger partial charge is 0.270 e. The molecule has 0 atom stereocenters. The summed E-state index contributed by atoms with van der Waals surface area (Å²) in [6, 6.07) is 21.0. The predicted octanol–water partition coefficient (Wildman–Crippen LogP) is 4.58. The third kappa shape index (κ3) is 3.07. The molecule has 0 fully saturated rings. The summed E-state index contributed by atoms with van der Waals surface area (Å²) in [5, 5.41) is 12.2. The van der Waals surface area contributed by atoms with Crippen LogP contribution < -0.4 is 0 Å². The molecule has 0 saturated heterocycles. The summed E-state index contributed by atoms with van der Waals surface area (Å²) in [7, 11) is 0. The third-order valence-electron chi connectivity index (χ3n) is 5.62. The molecule has 1 aromatic heterocycles. The number of benzene rings is 3. The second-order valence-corrected chi connectivity index (χ2v) is 7.39. The second-order valence-electron chi connectivity index (χ2n) is 7.39. The number of carbonyl (C=O) groups excluding carboxylic acids is 2. The molecule has 0 saturated carbocycles. The number of para-hydroxylation sites is 1. The van der Waals surface area contributed by atoms with Crippen LogP contribution >= 0.6 is 0 Å². The molecule has 7 nitrogen and oxygen atoms in total. The predicted molar refractivity (Wildman–Crippen MR) is 116 cm³/mol. The van der Waals surface area contributed by atoms with E-state index in [1.165, 1.54) is 17.0 Å². The minimum atomic E-state index is -0.426. The molecule has 0 radical (unpaired) electrons. The van der Waals surface area contributed by atoms with Crippen molar-refractivity contribution >= 4 is 28.4 Å². The van der Waals surface area contributed by atoms with Crippen LogP contribution in [-0.4, -0.2) is 33.2 Å². The van der Waals surface area contributed by atoms with Gasteiger partial charge >= 0.3 is 0 Å². The lowest BCUT2D eigenvalue weighted by molar-refractivity contribution is -0.384. The number of rotatable bonds is 5. The first-order valence-corrected chi connectivity index (χ1v) is 9.84. The Morgan fingerprint density at radius 3 is 2.26 bits per heavy atom. The Balaban J connectivity index is 1.53. The highest BCUT2D eigenvalue weighted by molar-refractivity contribution is 6.21. The number of hydrogen-bond donors (Lipinski definition) is 1. The quantitative estimate of drug-likeness (QED) is 0.295. The molecule has 3 aromatic carbocycles. The Morgan fingerprint density at radius 2 is 1.55 bits per heavy atom. The molecule has 2 heterocycles. The van der Waals surface area contributed by atoms with Crippen LogP contribution in [0.5, 0.6) is 0 Å². The highest BCUT2D eigenvalue weighted by atomic mass is 16.6. The Labute approximate surface area is 177 Å².